The van der Waals surface area contributed by atoms with Crippen molar-refractivity contribution in [3.8, 4) is 0 Å². The maximum absolute atomic E-state index is 13.3. The lowest BCUT2D eigenvalue weighted by Gasteiger charge is -2.11. The van der Waals surface area contributed by atoms with Crippen LogP contribution in [0.5, 0.6) is 0 Å². The van der Waals surface area contributed by atoms with Crippen molar-refractivity contribution in [1.29, 1.82) is 0 Å². The summed E-state index contributed by atoms with van der Waals surface area (Å²) in [6.07, 6.45) is 0.00610. The van der Waals surface area contributed by atoms with Gasteiger partial charge in [-0.15, -0.1) is 11.8 Å². The summed E-state index contributed by atoms with van der Waals surface area (Å²) in [5.41, 5.74) is 6.06. The average molecular weight is 399 g/mol. The highest BCUT2D eigenvalue weighted by Gasteiger charge is 2.34. The zero-order valence-corrected chi connectivity index (χ0v) is 15.8. The van der Waals surface area contributed by atoms with Gasteiger partial charge in [0.15, 0.2) is 5.16 Å². The zero-order valence-electron chi connectivity index (χ0n) is 14.2. The van der Waals surface area contributed by atoms with E-state index in [2.05, 4.69) is 15.0 Å². The number of alkyl halides is 3. The molecule has 3 heterocycles. The molecule has 0 fully saturated rings. The minimum Gasteiger partial charge on any atom is -0.384 e. The minimum absolute atomic E-state index is 0.135. The lowest BCUT2D eigenvalue weighted by molar-refractivity contribution is -0.136. The van der Waals surface area contributed by atoms with Gasteiger partial charge in [0.1, 0.15) is 10.8 Å². The number of hydrogen-bond acceptors (Lipinski definition) is 6. The quantitative estimate of drug-likeness (QED) is 0.395. The Morgan fingerprint density at radius 2 is 1.96 bits per heavy atom. The Balaban J connectivity index is 1.96. The highest BCUT2D eigenvalue weighted by atomic mass is 32.2. The van der Waals surface area contributed by atoms with Crippen LogP contribution in [0.4, 0.5) is 19.0 Å². The van der Waals surface area contributed by atoms with Crippen molar-refractivity contribution in [3.05, 3.63) is 35.8 Å². The van der Waals surface area contributed by atoms with Crippen LogP contribution >= 0.6 is 23.5 Å². The molecule has 3 rings (SSSR count). The van der Waals surface area contributed by atoms with Crippen LogP contribution in [-0.4, -0.2) is 25.8 Å². The Hall–Kier alpha value is -1.94. The topological polar surface area (TPSA) is 69.6 Å². The summed E-state index contributed by atoms with van der Waals surface area (Å²) in [4.78, 5) is 12.9. The van der Waals surface area contributed by atoms with Crippen LogP contribution in [0.15, 0.2) is 34.7 Å². The molecule has 0 aliphatic carbocycles. The molecule has 5 nitrogen and oxygen atoms in total. The first-order valence-electron chi connectivity index (χ1n) is 7.56. The molecule has 1 unspecified atom stereocenters. The molecule has 0 spiro atoms. The number of nitrogens with zero attached hydrogens (tertiary/aromatic N) is 4. The summed E-state index contributed by atoms with van der Waals surface area (Å²) < 4.78 is 41.2. The van der Waals surface area contributed by atoms with Gasteiger partial charge in [0.05, 0.1) is 28.2 Å². The molecule has 0 aromatic carbocycles. The lowest BCUT2D eigenvalue weighted by Crippen LogP contribution is -2.04. The molecule has 0 saturated carbocycles. The van der Waals surface area contributed by atoms with Gasteiger partial charge in [0.25, 0.3) is 0 Å². The third-order valence-electron chi connectivity index (χ3n) is 3.81. The van der Waals surface area contributed by atoms with E-state index < -0.39 is 11.7 Å². The van der Waals surface area contributed by atoms with Gasteiger partial charge in [-0.25, -0.2) is 9.97 Å². The lowest BCUT2D eigenvalue weighted by atomic mass is 10.1. The van der Waals surface area contributed by atoms with Gasteiger partial charge in [-0.3, -0.25) is 4.98 Å². The number of nitrogen functional groups attached to an aromatic ring is 1. The number of anilines is 1. The van der Waals surface area contributed by atoms with E-state index in [1.54, 1.807) is 13.1 Å². The number of halogens is 3. The molecule has 26 heavy (non-hydrogen) atoms. The summed E-state index contributed by atoms with van der Waals surface area (Å²) in [6.45, 7) is 1.85. The van der Waals surface area contributed by atoms with Gasteiger partial charge in [-0.1, -0.05) is 11.8 Å². The van der Waals surface area contributed by atoms with Crippen LogP contribution in [0.1, 0.15) is 23.4 Å². The van der Waals surface area contributed by atoms with Crippen molar-refractivity contribution in [1.82, 2.24) is 19.5 Å². The minimum atomic E-state index is -4.42. The van der Waals surface area contributed by atoms with E-state index in [0.717, 1.165) is 11.2 Å². The molecule has 2 N–H and O–H groups in total. The molecule has 0 saturated heterocycles. The van der Waals surface area contributed by atoms with E-state index in [9.17, 15) is 13.2 Å². The number of fused-ring (bicyclic) bond motifs is 1. The number of aromatic nitrogens is 4. The second-order valence-corrected chi connectivity index (χ2v) is 7.79. The fourth-order valence-corrected chi connectivity index (χ4v) is 3.89. The third kappa shape index (κ3) is 3.75. The molecule has 3 aromatic rings. The van der Waals surface area contributed by atoms with Crippen molar-refractivity contribution in [2.24, 2.45) is 7.05 Å². The maximum atomic E-state index is 13.3. The zero-order chi connectivity index (χ0) is 19.1. The Kier molecular flexibility index (Phi) is 5.07. The summed E-state index contributed by atoms with van der Waals surface area (Å²) in [5, 5.41) is 1.10. The predicted octanol–water partition coefficient (Wildman–Crippen LogP) is 4.54. The van der Waals surface area contributed by atoms with Gasteiger partial charge < -0.3 is 10.3 Å². The molecule has 0 radical (unpaired) electrons. The Labute approximate surface area is 156 Å². The summed E-state index contributed by atoms with van der Waals surface area (Å²) in [7, 11) is 1.57. The molecule has 0 aliphatic heterocycles. The van der Waals surface area contributed by atoms with E-state index in [1.807, 2.05) is 13.2 Å². The molecular formula is C16H16F3N5S2. The second kappa shape index (κ2) is 6.99. The summed E-state index contributed by atoms with van der Waals surface area (Å²) >= 11 is 2.74. The Morgan fingerprint density at radius 1 is 1.23 bits per heavy atom. The van der Waals surface area contributed by atoms with E-state index in [4.69, 9.17) is 5.73 Å². The first-order valence-corrected chi connectivity index (χ1v) is 9.67. The summed E-state index contributed by atoms with van der Waals surface area (Å²) in [6, 6.07) is 3.15. The van der Waals surface area contributed by atoms with Crippen LogP contribution < -0.4 is 5.73 Å². The van der Waals surface area contributed by atoms with Crippen LogP contribution in [0.3, 0.4) is 0 Å². The summed E-state index contributed by atoms with van der Waals surface area (Å²) in [5.74, 6) is 0.352. The second-order valence-electron chi connectivity index (χ2n) is 5.66. The molecule has 3 aromatic heterocycles. The first-order chi connectivity index (χ1) is 12.2. The average Bonchev–Trinajstić information content (AvgIpc) is 2.91. The van der Waals surface area contributed by atoms with Gasteiger partial charge in [-0.05, 0) is 19.2 Å². The third-order valence-corrected chi connectivity index (χ3v) is 5.43. The van der Waals surface area contributed by atoms with E-state index >= 15 is 0 Å². The molecule has 1 atom stereocenters. The predicted molar refractivity (Wildman–Crippen MR) is 98.2 cm³/mol. The van der Waals surface area contributed by atoms with Gasteiger partial charge >= 0.3 is 6.18 Å². The van der Waals surface area contributed by atoms with E-state index in [-0.39, 0.29) is 10.6 Å². The smallest absolute Gasteiger partial charge is 0.384 e. The van der Waals surface area contributed by atoms with Crippen molar-refractivity contribution in [3.63, 3.8) is 0 Å². The van der Waals surface area contributed by atoms with Crippen LogP contribution in [-0.2, 0) is 13.2 Å². The maximum Gasteiger partial charge on any atom is 0.418 e. The van der Waals surface area contributed by atoms with Gasteiger partial charge in [-0.2, -0.15) is 13.2 Å². The normalized spacial score (nSPS) is 13.3. The number of aryl methyl sites for hydroxylation is 1. The van der Waals surface area contributed by atoms with Crippen LogP contribution in [0.2, 0.25) is 0 Å². The van der Waals surface area contributed by atoms with Crippen LogP contribution in [0.25, 0.3) is 10.9 Å². The molecular weight excluding hydrogens is 383 g/mol. The number of rotatable bonds is 4. The Morgan fingerprint density at radius 3 is 2.62 bits per heavy atom. The first kappa shape index (κ1) is 18.8. The van der Waals surface area contributed by atoms with E-state index in [0.29, 0.717) is 22.2 Å². The fourth-order valence-electron chi connectivity index (χ4n) is 2.54. The fraction of sp³-hybridized carbons (Fsp3) is 0.312. The SMILES string of the molecule is CSc1cc(N)nc(SC(C)c2cc3c(C(F)(F)F)cn(C)c3cn2)n1. The standard InChI is InChI=1S/C16H16F3N5S2/c1-8(26-15-22-13(20)5-14(23-15)25-3)11-4-9-10(16(17,18)19)7-24(2)12(9)6-21-11/h4-8H,1-3H3,(H2,20,22,23). The molecule has 138 valence electrons. The molecule has 0 bridgehead atoms. The number of nitrogens with two attached hydrogens (primary N) is 1. The Bertz CT molecular complexity index is 955. The van der Waals surface area contributed by atoms with Gasteiger partial charge in [0.2, 0.25) is 0 Å². The number of hydrogen-bond donors (Lipinski definition) is 1. The van der Waals surface area contributed by atoms with E-state index in [1.165, 1.54) is 40.4 Å². The number of pyridine rings is 1. The van der Waals surface area contributed by atoms with Crippen LogP contribution in [0, 0.1) is 0 Å². The van der Waals surface area contributed by atoms with Gasteiger partial charge in [0, 0.05) is 24.7 Å². The van der Waals surface area contributed by atoms with Crippen molar-refractivity contribution >= 4 is 40.2 Å². The largest absolute Gasteiger partial charge is 0.418 e. The molecule has 10 heteroatoms. The highest BCUT2D eigenvalue weighted by molar-refractivity contribution is 7.99. The molecule has 0 aliphatic rings. The van der Waals surface area contributed by atoms with Crippen molar-refractivity contribution < 1.29 is 13.2 Å². The van der Waals surface area contributed by atoms with Crippen molar-refractivity contribution in [2.75, 3.05) is 12.0 Å². The monoisotopic (exact) mass is 399 g/mol. The van der Waals surface area contributed by atoms with Crippen molar-refractivity contribution in [2.45, 2.75) is 28.5 Å². The molecule has 0 amide bonds. The number of thioether (sulfide) groups is 2. The highest BCUT2D eigenvalue weighted by Crippen LogP contribution is 2.38.